The highest BCUT2D eigenvalue weighted by molar-refractivity contribution is 14.1. The van der Waals surface area contributed by atoms with Crippen LogP contribution in [0.15, 0.2) is 4.79 Å². The van der Waals surface area contributed by atoms with E-state index < -0.39 is 5.60 Å². The summed E-state index contributed by atoms with van der Waals surface area (Å²) in [6.45, 7) is 0. The Morgan fingerprint density at radius 3 is 2.44 bits per heavy atom. The number of nitrogens with zero attached hydrogens (tertiary/aromatic N) is 1. The second-order valence-electron chi connectivity index (χ2n) is 4.66. The Balaban J connectivity index is 2.46. The molecule has 1 saturated carbocycles. The van der Waals surface area contributed by atoms with E-state index in [-0.39, 0.29) is 15.0 Å². The molecule has 1 fully saturated rings. The van der Waals surface area contributed by atoms with Crippen LogP contribution in [-0.2, 0) is 10.3 Å². The van der Waals surface area contributed by atoms with Crippen LogP contribution in [0.3, 0.4) is 0 Å². The van der Waals surface area contributed by atoms with Crippen molar-refractivity contribution in [3.8, 4) is 5.88 Å². The highest BCUT2D eigenvalue weighted by Gasteiger charge is 2.36. The van der Waals surface area contributed by atoms with Crippen LogP contribution < -0.4 is 5.56 Å². The molecule has 1 aromatic heterocycles. The SMILES string of the molecule is COC1(c2nc(O)c(I)c(=O)[nH]2)CCCCCC1. The first-order valence-electron chi connectivity index (χ1n) is 6.13. The normalized spacial score (nSPS) is 19.4. The molecule has 1 aliphatic rings. The number of halogens is 1. The minimum atomic E-state index is -0.558. The third-order valence-electron chi connectivity index (χ3n) is 3.58. The van der Waals surface area contributed by atoms with Crippen molar-refractivity contribution in [3.05, 3.63) is 19.7 Å². The van der Waals surface area contributed by atoms with Gasteiger partial charge in [0.1, 0.15) is 15.0 Å². The van der Waals surface area contributed by atoms with E-state index in [2.05, 4.69) is 9.97 Å². The Bertz CT molecular complexity index is 479. The lowest BCUT2D eigenvalue weighted by Gasteiger charge is -2.30. The molecule has 0 bridgehead atoms. The summed E-state index contributed by atoms with van der Waals surface area (Å²) in [4.78, 5) is 18.6. The quantitative estimate of drug-likeness (QED) is 0.624. The van der Waals surface area contributed by atoms with E-state index in [0.29, 0.717) is 5.82 Å². The van der Waals surface area contributed by atoms with Crippen molar-refractivity contribution >= 4 is 22.6 Å². The van der Waals surface area contributed by atoms with Gasteiger partial charge in [-0.25, -0.2) is 0 Å². The van der Waals surface area contributed by atoms with E-state index in [1.807, 2.05) is 0 Å². The number of methoxy groups -OCH3 is 1. The van der Waals surface area contributed by atoms with Crippen LogP contribution in [0.1, 0.15) is 44.3 Å². The summed E-state index contributed by atoms with van der Waals surface area (Å²) in [5, 5.41) is 9.70. The smallest absolute Gasteiger partial charge is 0.268 e. The molecule has 1 aliphatic carbocycles. The summed E-state index contributed by atoms with van der Waals surface area (Å²) in [5.41, 5.74) is -0.865. The average molecular weight is 364 g/mol. The zero-order valence-corrected chi connectivity index (χ0v) is 12.5. The predicted molar refractivity (Wildman–Crippen MR) is 75.6 cm³/mol. The van der Waals surface area contributed by atoms with Gasteiger partial charge in [-0.3, -0.25) is 4.79 Å². The molecule has 0 amide bonds. The zero-order valence-electron chi connectivity index (χ0n) is 10.3. The summed E-state index contributed by atoms with van der Waals surface area (Å²) in [7, 11) is 1.64. The fourth-order valence-electron chi connectivity index (χ4n) is 2.50. The van der Waals surface area contributed by atoms with Crippen molar-refractivity contribution in [1.29, 1.82) is 0 Å². The number of ether oxygens (including phenoxy) is 1. The fraction of sp³-hybridized carbons (Fsp3) is 0.667. The minimum absolute atomic E-state index is 0.213. The second kappa shape index (κ2) is 5.56. The van der Waals surface area contributed by atoms with E-state index in [1.54, 1.807) is 29.7 Å². The van der Waals surface area contributed by atoms with Crippen LogP contribution in [0.2, 0.25) is 0 Å². The highest BCUT2D eigenvalue weighted by Crippen LogP contribution is 2.37. The van der Waals surface area contributed by atoms with E-state index >= 15 is 0 Å². The number of hydrogen-bond donors (Lipinski definition) is 2. The molecule has 0 radical (unpaired) electrons. The first kappa shape index (κ1) is 13.8. The molecule has 0 unspecified atom stereocenters. The van der Waals surface area contributed by atoms with Gasteiger partial charge in [0.15, 0.2) is 0 Å². The molecular formula is C12H17IN2O3. The van der Waals surface area contributed by atoms with Gasteiger partial charge in [-0.05, 0) is 35.4 Å². The maximum Gasteiger partial charge on any atom is 0.268 e. The zero-order chi connectivity index (χ0) is 13.2. The number of nitrogens with one attached hydrogen (secondary N) is 1. The molecule has 0 aromatic carbocycles. The molecule has 18 heavy (non-hydrogen) atoms. The van der Waals surface area contributed by atoms with Crippen LogP contribution in [-0.4, -0.2) is 22.2 Å². The Kier molecular flexibility index (Phi) is 4.26. The van der Waals surface area contributed by atoms with Gasteiger partial charge in [0, 0.05) is 7.11 Å². The maximum atomic E-state index is 11.7. The lowest BCUT2D eigenvalue weighted by molar-refractivity contribution is -0.0357. The Morgan fingerprint density at radius 1 is 1.33 bits per heavy atom. The lowest BCUT2D eigenvalue weighted by Crippen LogP contribution is -2.33. The summed E-state index contributed by atoms with van der Waals surface area (Å²) in [6, 6.07) is 0. The molecule has 0 spiro atoms. The highest BCUT2D eigenvalue weighted by atomic mass is 127. The van der Waals surface area contributed by atoms with Gasteiger partial charge in [-0.15, -0.1) is 0 Å². The van der Waals surface area contributed by atoms with Gasteiger partial charge < -0.3 is 14.8 Å². The van der Waals surface area contributed by atoms with E-state index in [0.717, 1.165) is 25.7 Å². The van der Waals surface area contributed by atoms with Crippen molar-refractivity contribution in [1.82, 2.24) is 9.97 Å². The van der Waals surface area contributed by atoms with Gasteiger partial charge in [-0.1, -0.05) is 25.7 Å². The molecule has 5 nitrogen and oxygen atoms in total. The minimum Gasteiger partial charge on any atom is -0.492 e. The average Bonchev–Trinajstić information content (AvgIpc) is 2.61. The number of H-pyrrole nitrogens is 1. The molecule has 100 valence electrons. The number of hydrogen-bond acceptors (Lipinski definition) is 4. The van der Waals surface area contributed by atoms with Crippen LogP contribution in [0, 0.1) is 3.57 Å². The molecule has 6 heteroatoms. The van der Waals surface area contributed by atoms with Gasteiger partial charge in [0.05, 0.1) is 0 Å². The molecule has 1 heterocycles. The largest absolute Gasteiger partial charge is 0.492 e. The number of aromatic hydroxyl groups is 1. The topological polar surface area (TPSA) is 75.2 Å². The lowest BCUT2D eigenvalue weighted by atomic mass is 9.93. The van der Waals surface area contributed by atoms with E-state index in [9.17, 15) is 9.90 Å². The van der Waals surface area contributed by atoms with Gasteiger partial charge >= 0.3 is 0 Å². The third-order valence-corrected chi connectivity index (χ3v) is 4.55. The molecule has 0 aliphatic heterocycles. The van der Waals surface area contributed by atoms with Crippen LogP contribution in [0.4, 0.5) is 0 Å². The van der Waals surface area contributed by atoms with Crippen molar-refractivity contribution in [2.75, 3.05) is 7.11 Å². The van der Waals surface area contributed by atoms with Gasteiger partial charge in [-0.2, -0.15) is 4.98 Å². The van der Waals surface area contributed by atoms with Crippen LogP contribution >= 0.6 is 22.6 Å². The van der Waals surface area contributed by atoms with E-state index in [1.165, 1.54) is 12.8 Å². The first-order chi connectivity index (χ1) is 8.59. The van der Waals surface area contributed by atoms with E-state index in [4.69, 9.17) is 4.74 Å². The first-order valence-corrected chi connectivity index (χ1v) is 7.21. The fourth-order valence-corrected chi connectivity index (χ4v) is 2.76. The summed E-state index contributed by atoms with van der Waals surface area (Å²) in [5.74, 6) is 0.241. The second-order valence-corrected chi connectivity index (χ2v) is 5.74. The summed E-state index contributed by atoms with van der Waals surface area (Å²) < 4.78 is 5.87. The van der Waals surface area contributed by atoms with Gasteiger partial charge in [0.2, 0.25) is 5.88 Å². The van der Waals surface area contributed by atoms with Crippen molar-refractivity contribution in [3.63, 3.8) is 0 Å². The molecule has 0 saturated heterocycles. The summed E-state index contributed by atoms with van der Waals surface area (Å²) in [6.07, 6.45) is 6.09. The Morgan fingerprint density at radius 2 is 1.94 bits per heavy atom. The number of aromatic nitrogens is 2. The molecule has 0 atom stereocenters. The standard InChI is InChI=1S/C12H17IN2O3/c1-18-12(6-4-2-3-5-7-12)11-14-9(16)8(13)10(17)15-11/h2-7H2,1H3,(H2,14,15,16,17). The monoisotopic (exact) mass is 364 g/mol. The van der Waals surface area contributed by atoms with Crippen molar-refractivity contribution in [2.45, 2.75) is 44.1 Å². The molecular weight excluding hydrogens is 347 g/mol. The van der Waals surface area contributed by atoms with Crippen LogP contribution in [0.25, 0.3) is 0 Å². The molecule has 2 N–H and O–H groups in total. The number of aromatic amines is 1. The summed E-state index contributed by atoms with van der Waals surface area (Å²) >= 11 is 1.78. The maximum absolute atomic E-state index is 11.7. The Labute approximate surface area is 119 Å². The number of rotatable bonds is 2. The van der Waals surface area contributed by atoms with Gasteiger partial charge in [0.25, 0.3) is 5.56 Å². The predicted octanol–water partition coefficient (Wildman–Crippen LogP) is 2.28. The van der Waals surface area contributed by atoms with Crippen LogP contribution in [0.5, 0.6) is 5.88 Å². The third kappa shape index (κ3) is 2.54. The van der Waals surface area contributed by atoms with Crippen molar-refractivity contribution < 1.29 is 9.84 Å². The molecule has 2 rings (SSSR count). The molecule has 1 aromatic rings. The Hall–Kier alpha value is -0.630. The van der Waals surface area contributed by atoms with Crippen molar-refractivity contribution in [2.24, 2.45) is 0 Å².